The summed E-state index contributed by atoms with van der Waals surface area (Å²) in [6.07, 6.45) is 0. The quantitative estimate of drug-likeness (QED) is 0.601. The molecule has 0 aromatic heterocycles. The van der Waals surface area contributed by atoms with Gasteiger partial charge in [0.05, 0.1) is 22.7 Å². The highest BCUT2D eigenvalue weighted by Crippen LogP contribution is 2.40. The predicted octanol–water partition coefficient (Wildman–Crippen LogP) is 5.01. The van der Waals surface area contributed by atoms with Crippen molar-refractivity contribution >= 4 is 54.6 Å². The first-order valence-electron chi connectivity index (χ1n) is 4.85. The van der Waals surface area contributed by atoms with Crippen molar-refractivity contribution < 1.29 is 0 Å². The van der Waals surface area contributed by atoms with Crippen molar-refractivity contribution in [1.82, 2.24) is 0 Å². The van der Waals surface area contributed by atoms with Crippen molar-refractivity contribution in [3.8, 4) is 0 Å². The second-order valence-electron chi connectivity index (χ2n) is 3.63. The zero-order valence-corrected chi connectivity index (χ0v) is 11.4. The molecule has 80 valence electrons. The smallest absolute Gasteiger partial charge is 0.0635 e. The Morgan fingerprint density at radius 3 is 1.50 bits per heavy atom. The van der Waals surface area contributed by atoms with Gasteiger partial charge in [-0.3, -0.25) is 0 Å². The topological polar surface area (TPSA) is 24.1 Å². The molecule has 0 aliphatic carbocycles. The molecule has 2 N–H and O–H groups in total. The molecular weight excluding hydrogens is 332 g/mol. The molecule has 1 heterocycles. The van der Waals surface area contributed by atoms with Crippen LogP contribution in [0.4, 0.5) is 22.7 Å². The molecule has 0 unspecified atom stereocenters. The van der Waals surface area contributed by atoms with Gasteiger partial charge >= 0.3 is 0 Å². The Bertz CT molecular complexity index is 515. The molecule has 0 amide bonds. The second kappa shape index (κ2) is 3.79. The Morgan fingerprint density at radius 2 is 1.06 bits per heavy atom. The molecule has 1 aliphatic rings. The first-order valence-corrected chi connectivity index (χ1v) is 6.44. The summed E-state index contributed by atoms with van der Waals surface area (Å²) in [7, 11) is 0. The molecule has 0 saturated heterocycles. The number of fused-ring (bicyclic) bond motifs is 2. The van der Waals surface area contributed by atoms with Crippen molar-refractivity contribution in [2.24, 2.45) is 0 Å². The fourth-order valence-corrected chi connectivity index (χ4v) is 2.47. The van der Waals surface area contributed by atoms with Crippen LogP contribution in [0.25, 0.3) is 0 Å². The summed E-state index contributed by atoms with van der Waals surface area (Å²) in [6, 6.07) is 12.3. The van der Waals surface area contributed by atoms with Crippen LogP contribution in [-0.2, 0) is 0 Å². The molecule has 4 heteroatoms. The van der Waals surface area contributed by atoms with Gasteiger partial charge in [0.15, 0.2) is 0 Å². The van der Waals surface area contributed by atoms with E-state index in [1.54, 1.807) is 0 Å². The van der Waals surface area contributed by atoms with E-state index in [0.717, 1.165) is 31.7 Å². The highest BCUT2D eigenvalue weighted by molar-refractivity contribution is 9.10. The number of nitrogens with one attached hydrogen (secondary N) is 2. The lowest BCUT2D eigenvalue weighted by atomic mass is 10.1. The molecule has 0 radical (unpaired) electrons. The Labute approximate surface area is 110 Å². The van der Waals surface area contributed by atoms with Gasteiger partial charge in [0.25, 0.3) is 0 Å². The van der Waals surface area contributed by atoms with Crippen LogP contribution in [0.1, 0.15) is 0 Å². The maximum atomic E-state index is 3.47. The molecule has 0 saturated carbocycles. The van der Waals surface area contributed by atoms with Crippen molar-refractivity contribution in [1.29, 1.82) is 0 Å². The van der Waals surface area contributed by atoms with Gasteiger partial charge in [-0.15, -0.1) is 0 Å². The summed E-state index contributed by atoms with van der Waals surface area (Å²) in [5.41, 5.74) is 4.36. The monoisotopic (exact) mass is 338 g/mol. The normalized spacial score (nSPS) is 12.1. The zero-order valence-electron chi connectivity index (χ0n) is 8.22. The third-order valence-electron chi connectivity index (χ3n) is 2.50. The lowest BCUT2D eigenvalue weighted by Gasteiger charge is -2.23. The fraction of sp³-hybridized carbons (Fsp3) is 0. The standard InChI is InChI=1S/C12H8Br2N2/c13-7-1-3-9-11(5-7)16-10-4-2-8(14)6-12(10)15-9/h1-6,15-16H. The largest absolute Gasteiger partial charge is 0.352 e. The Kier molecular flexibility index (Phi) is 2.41. The Morgan fingerprint density at radius 1 is 0.625 bits per heavy atom. The van der Waals surface area contributed by atoms with E-state index in [1.807, 2.05) is 12.1 Å². The zero-order chi connectivity index (χ0) is 11.1. The van der Waals surface area contributed by atoms with Gasteiger partial charge in [-0.2, -0.15) is 0 Å². The average Bonchev–Trinajstić information content (AvgIpc) is 2.26. The van der Waals surface area contributed by atoms with Gasteiger partial charge in [-0.1, -0.05) is 31.9 Å². The summed E-state index contributed by atoms with van der Waals surface area (Å²) >= 11 is 6.93. The third kappa shape index (κ3) is 1.72. The first-order chi connectivity index (χ1) is 7.72. The van der Waals surface area contributed by atoms with Gasteiger partial charge in [0.2, 0.25) is 0 Å². The summed E-state index contributed by atoms with van der Waals surface area (Å²) in [4.78, 5) is 0. The van der Waals surface area contributed by atoms with Crippen molar-refractivity contribution in [2.45, 2.75) is 0 Å². The Hall–Kier alpha value is -1.00. The van der Waals surface area contributed by atoms with E-state index in [1.165, 1.54) is 0 Å². The lowest BCUT2D eigenvalue weighted by Crippen LogP contribution is -2.05. The van der Waals surface area contributed by atoms with Gasteiger partial charge in [0, 0.05) is 8.95 Å². The van der Waals surface area contributed by atoms with Gasteiger partial charge in [0.1, 0.15) is 0 Å². The SMILES string of the molecule is Brc1ccc2c(c1)Nc1ccc(Br)cc1N2. The van der Waals surface area contributed by atoms with E-state index < -0.39 is 0 Å². The number of hydrogen-bond acceptors (Lipinski definition) is 2. The third-order valence-corrected chi connectivity index (χ3v) is 3.49. The van der Waals surface area contributed by atoms with E-state index in [-0.39, 0.29) is 0 Å². The van der Waals surface area contributed by atoms with E-state index in [2.05, 4.69) is 66.8 Å². The average molecular weight is 340 g/mol. The number of halogens is 2. The molecule has 0 fully saturated rings. The summed E-state index contributed by atoms with van der Waals surface area (Å²) in [6.45, 7) is 0. The molecule has 1 aliphatic heterocycles. The highest BCUT2D eigenvalue weighted by Gasteiger charge is 2.13. The van der Waals surface area contributed by atoms with Crippen molar-refractivity contribution in [3.63, 3.8) is 0 Å². The molecule has 3 rings (SSSR count). The minimum Gasteiger partial charge on any atom is -0.352 e. The van der Waals surface area contributed by atoms with Crippen molar-refractivity contribution in [2.75, 3.05) is 10.6 Å². The molecule has 0 bridgehead atoms. The molecule has 2 nitrogen and oxygen atoms in total. The van der Waals surface area contributed by atoms with Crippen molar-refractivity contribution in [3.05, 3.63) is 45.3 Å². The van der Waals surface area contributed by atoms with Crippen LogP contribution >= 0.6 is 31.9 Å². The molecule has 16 heavy (non-hydrogen) atoms. The number of benzene rings is 2. The highest BCUT2D eigenvalue weighted by atomic mass is 79.9. The Balaban J connectivity index is 2.09. The van der Waals surface area contributed by atoms with Crippen LogP contribution in [0.15, 0.2) is 45.3 Å². The summed E-state index contributed by atoms with van der Waals surface area (Å²) in [5, 5.41) is 6.79. The van der Waals surface area contributed by atoms with E-state index >= 15 is 0 Å². The molecule has 2 aromatic carbocycles. The van der Waals surface area contributed by atoms with Crippen LogP contribution in [0.3, 0.4) is 0 Å². The van der Waals surface area contributed by atoms with E-state index in [9.17, 15) is 0 Å². The van der Waals surface area contributed by atoms with Crippen LogP contribution in [0.5, 0.6) is 0 Å². The maximum absolute atomic E-state index is 3.47. The maximum Gasteiger partial charge on any atom is 0.0635 e. The van der Waals surface area contributed by atoms with Crippen LogP contribution < -0.4 is 10.6 Å². The van der Waals surface area contributed by atoms with Crippen LogP contribution in [-0.4, -0.2) is 0 Å². The number of anilines is 4. The summed E-state index contributed by atoms with van der Waals surface area (Å²) in [5.74, 6) is 0. The first kappa shape index (κ1) is 10.2. The van der Waals surface area contributed by atoms with Crippen LogP contribution in [0, 0.1) is 0 Å². The lowest BCUT2D eigenvalue weighted by molar-refractivity contribution is 1.43. The molecule has 0 spiro atoms. The van der Waals surface area contributed by atoms with Gasteiger partial charge < -0.3 is 10.6 Å². The van der Waals surface area contributed by atoms with Gasteiger partial charge in [-0.05, 0) is 36.4 Å². The minimum absolute atomic E-state index is 1.07. The fourth-order valence-electron chi connectivity index (χ4n) is 1.75. The molecule has 0 atom stereocenters. The number of rotatable bonds is 0. The molecular formula is C12H8Br2N2. The predicted molar refractivity (Wildman–Crippen MR) is 74.8 cm³/mol. The second-order valence-corrected chi connectivity index (χ2v) is 5.46. The number of hydrogen-bond donors (Lipinski definition) is 2. The van der Waals surface area contributed by atoms with E-state index in [4.69, 9.17) is 0 Å². The summed E-state index contributed by atoms with van der Waals surface area (Å²) < 4.78 is 2.14. The van der Waals surface area contributed by atoms with Crippen LogP contribution in [0.2, 0.25) is 0 Å². The van der Waals surface area contributed by atoms with Gasteiger partial charge in [-0.25, -0.2) is 0 Å². The minimum atomic E-state index is 1.07. The molecule has 2 aromatic rings. The van der Waals surface area contributed by atoms with E-state index in [0.29, 0.717) is 0 Å².